The number of para-hydroxylation sites is 1. The van der Waals surface area contributed by atoms with E-state index in [0.29, 0.717) is 23.0 Å². The van der Waals surface area contributed by atoms with E-state index in [1.54, 1.807) is 18.7 Å². The lowest BCUT2D eigenvalue weighted by molar-refractivity contribution is -0.139. The minimum Gasteiger partial charge on any atom is -0.463 e. The molecule has 0 spiro atoms. The monoisotopic (exact) mass is 455 g/mol. The molecular formula is C23H25N3O3S2. The zero-order chi connectivity index (χ0) is 22.2. The number of nitrogens with zero attached hydrogens (tertiary/aromatic N) is 1. The van der Waals surface area contributed by atoms with E-state index in [2.05, 4.69) is 10.6 Å². The second-order valence-electron chi connectivity index (χ2n) is 6.70. The van der Waals surface area contributed by atoms with Gasteiger partial charge in [-0.2, -0.15) is 0 Å². The van der Waals surface area contributed by atoms with E-state index >= 15 is 0 Å². The van der Waals surface area contributed by atoms with Gasteiger partial charge in [0.1, 0.15) is 6.04 Å². The Balaban J connectivity index is 1.78. The lowest BCUT2D eigenvalue weighted by Crippen LogP contribution is -2.31. The molecule has 0 saturated heterocycles. The Hall–Kier alpha value is -2.71. The van der Waals surface area contributed by atoms with Crippen LogP contribution in [0.1, 0.15) is 25.5 Å². The number of carbonyl (C=O) groups is 2. The van der Waals surface area contributed by atoms with Gasteiger partial charge in [-0.3, -0.25) is 4.79 Å². The van der Waals surface area contributed by atoms with Crippen molar-refractivity contribution in [3.63, 3.8) is 0 Å². The van der Waals surface area contributed by atoms with E-state index in [4.69, 9.17) is 9.73 Å². The maximum atomic E-state index is 12.6. The Morgan fingerprint density at radius 2 is 1.84 bits per heavy atom. The fourth-order valence-corrected chi connectivity index (χ4v) is 4.23. The maximum absolute atomic E-state index is 12.6. The van der Waals surface area contributed by atoms with Gasteiger partial charge in [0.25, 0.3) is 0 Å². The van der Waals surface area contributed by atoms with Crippen molar-refractivity contribution in [2.24, 2.45) is 4.99 Å². The number of carbonyl (C=O) groups excluding carboxylic acids is 2. The fourth-order valence-electron chi connectivity index (χ4n) is 3.07. The predicted octanol–water partition coefficient (Wildman–Crippen LogP) is 4.62. The van der Waals surface area contributed by atoms with Gasteiger partial charge in [0.2, 0.25) is 5.91 Å². The summed E-state index contributed by atoms with van der Waals surface area (Å²) in [4.78, 5) is 30.8. The molecular weight excluding hydrogens is 430 g/mol. The van der Waals surface area contributed by atoms with E-state index in [1.807, 2.05) is 67.8 Å². The number of aliphatic imine (C=N–C) groups is 1. The zero-order valence-electron chi connectivity index (χ0n) is 17.7. The molecule has 0 radical (unpaired) electrons. The van der Waals surface area contributed by atoms with Gasteiger partial charge in [-0.1, -0.05) is 42.1 Å². The molecule has 0 aliphatic carbocycles. The van der Waals surface area contributed by atoms with E-state index in [0.717, 1.165) is 16.1 Å². The molecule has 1 aliphatic rings. The largest absolute Gasteiger partial charge is 0.463 e. The number of hydrogen-bond acceptors (Lipinski definition) is 7. The lowest BCUT2D eigenvalue weighted by Gasteiger charge is -2.25. The summed E-state index contributed by atoms with van der Waals surface area (Å²) >= 11 is 2.95. The SMILES string of the molecule is CCOC(=O)C1=C(C)NC(SCC(=O)Nc2ccccc2)=N[C@@H]1c1ccc(SC)cc1. The molecule has 2 N–H and O–H groups in total. The molecule has 6 nitrogen and oxygen atoms in total. The first-order valence-electron chi connectivity index (χ1n) is 9.86. The third-order valence-corrected chi connectivity index (χ3v) is 6.17. The Kier molecular flexibility index (Phi) is 8.20. The summed E-state index contributed by atoms with van der Waals surface area (Å²) in [5.41, 5.74) is 2.81. The molecule has 1 atom stereocenters. The van der Waals surface area contributed by atoms with Crippen molar-refractivity contribution in [2.75, 3.05) is 23.9 Å². The highest BCUT2D eigenvalue weighted by atomic mass is 32.2. The molecule has 31 heavy (non-hydrogen) atoms. The van der Waals surface area contributed by atoms with E-state index in [1.165, 1.54) is 11.8 Å². The van der Waals surface area contributed by atoms with E-state index in [-0.39, 0.29) is 17.6 Å². The second-order valence-corrected chi connectivity index (χ2v) is 8.54. The third kappa shape index (κ3) is 6.15. The third-order valence-electron chi connectivity index (χ3n) is 4.54. The molecule has 1 heterocycles. The first-order chi connectivity index (χ1) is 15.0. The lowest BCUT2D eigenvalue weighted by atomic mass is 9.97. The van der Waals surface area contributed by atoms with Crippen molar-refractivity contribution in [1.82, 2.24) is 5.32 Å². The predicted molar refractivity (Wildman–Crippen MR) is 128 cm³/mol. The first kappa shape index (κ1) is 23.0. The minimum atomic E-state index is -0.490. The number of rotatable bonds is 7. The Labute approximate surface area is 190 Å². The topological polar surface area (TPSA) is 79.8 Å². The van der Waals surface area contributed by atoms with Crippen molar-refractivity contribution in [2.45, 2.75) is 24.8 Å². The molecule has 0 aromatic heterocycles. The summed E-state index contributed by atoms with van der Waals surface area (Å²) in [5.74, 6) is -0.318. The molecule has 8 heteroatoms. The number of hydrogen-bond donors (Lipinski definition) is 2. The molecule has 162 valence electrons. The summed E-state index contributed by atoms with van der Waals surface area (Å²) in [6.45, 7) is 3.90. The van der Waals surface area contributed by atoms with Gasteiger partial charge >= 0.3 is 5.97 Å². The Morgan fingerprint density at radius 1 is 1.13 bits per heavy atom. The van der Waals surface area contributed by atoms with Gasteiger partial charge in [-0.15, -0.1) is 11.8 Å². The summed E-state index contributed by atoms with van der Waals surface area (Å²) in [6, 6.07) is 16.8. The standard InChI is InChI=1S/C23H25N3O3S2/c1-4-29-22(28)20-15(2)24-23(26-21(20)16-10-12-18(30-3)13-11-16)31-14-19(27)25-17-8-6-5-7-9-17/h5-13,21H,4,14H2,1-3H3,(H,24,26)(H,25,27)/t21-/m1/s1. The first-order valence-corrected chi connectivity index (χ1v) is 12.1. The molecule has 2 aromatic carbocycles. The smallest absolute Gasteiger partial charge is 0.338 e. The van der Waals surface area contributed by atoms with Crippen LogP contribution in [0.3, 0.4) is 0 Å². The highest BCUT2D eigenvalue weighted by Crippen LogP contribution is 2.33. The van der Waals surface area contributed by atoms with Gasteiger partial charge in [0.05, 0.1) is 17.9 Å². The summed E-state index contributed by atoms with van der Waals surface area (Å²) in [5, 5.41) is 6.61. The van der Waals surface area contributed by atoms with Crippen molar-refractivity contribution >= 4 is 46.3 Å². The van der Waals surface area contributed by atoms with Crippen molar-refractivity contribution in [3.05, 3.63) is 71.4 Å². The number of amidine groups is 1. The van der Waals surface area contributed by atoms with Crippen LogP contribution in [0.5, 0.6) is 0 Å². The van der Waals surface area contributed by atoms with Crippen LogP contribution in [-0.2, 0) is 14.3 Å². The van der Waals surface area contributed by atoms with Gasteiger partial charge < -0.3 is 15.4 Å². The summed E-state index contributed by atoms with van der Waals surface area (Å²) in [6.07, 6.45) is 2.01. The molecule has 3 rings (SSSR count). The number of amides is 1. The van der Waals surface area contributed by atoms with Crippen LogP contribution in [0, 0.1) is 0 Å². The highest BCUT2D eigenvalue weighted by molar-refractivity contribution is 8.14. The Morgan fingerprint density at radius 3 is 2.48 bits per heavy atom. The van der Waals surface area contributed by atoms with E-state index < -0.39 is 6.04 Å². The molecule has 2 aromatic rings. The van der Waals surface area contributed by atoms with Crippen LogP contribution in [-0.4, -0.2) is 35.7 Å². The van der Waals surface area contributed by atoms with Crippen LogP contribution in [0.15, 0.2) is 75.8 Å². The molecule has 0 saturated carbocycles. The molecule has 1 amide bonds. The number of benzene rings is 2. The number of allylic oxidation sites excluding steroid dienone is 1. The molecule has 0 fully saturated rings. The Bertz CT molecular complexity index is 989. The van der Waals surface area contributed by atoms with E-state index in [9.17, 15) is 9.59 Å². The van der Waals surface area contributed by atoms with Crippen LogP contribution < -0.4 is 10.6 Å². The number of anilines is 1. The van der Waals surface area contributed by atoms with Crippen molar-refractivity contribution in [1.29, 1.82) is 0 Å². The average Bonchev–Trinajstić information content (AvgIpc) is 2.78. The summed E-state index contributed by atoms with van der Waals surface area (Å²) < 4.78 is 5.27. The molecule has 1 aliphatic heterocycles. The molecule has 0 unspecified atom stereocenters. The fraction of sp³-hybridized carbons (Fsp3) is 0.261. The maximum Gasteiger partial charge on any atom is 0.338 e. The normalized spacial score (nSPS) is 15.7. The van der Waals surface area contributed by atoms with Gasteiger partial charge in [0, 0.05) is 16.3 Å². The minimum absolute atomic E-state index is 0.126. The van der Waals surface area contributed by atoms with Crippen molar-refractivity contribution in [3.8, 4) is 0 Å². The van der Waals surface area contributed by atoms with Crippen LogP contribution in [0.4, 0.5) is 5.69 Å². The summed E-state index contributed by atoms with van der Waals surface area (Å²) in [7, 11) is 0. The van der Waals surface area contributed by atoms with Gasteiger partial charge in [-0.25, -0.2) is 9.79 Å². The molecule has 0 bridgehead atoms. The van der Waals surface area contributed by atoms with Crippen molar-refractivity contribution < 1.29 is 14.3 Å². The van der Waals surface area contributed by atoms with Crippen LogP contribution >= 0.6 is 23.5 Å². The average molecular weight is 456 g/mol. The number of ether oxygens (including phenoxy) is 1. The number of esters is 1. The number of nitrogens with one attached hydrogen (secondary N) is 2. The van der Waals surface area contributed by atoms with Crippen LogP contribution in [0.2, 0.25) is 0 Å². The quantitative estimate of drug-likeness (QED) is 0.469. The zero-order valence-corrected chi connectivity index (χ0v) is 19.3. The van der Waals surface area contributed by atoms with Crippen LogP contribution in [0.25, 0.3) is 0 Å². The second kappa shape index (κ2) is 11.1. The van der Waals surface area contributed by atoms with Gasteiger partial charge in [-0.05, 0) is 49.9 Å². The highest BCUT2D eigenvalue weighted by Gasteiger charge is 2.30. The van der Waals surface area contributed by atoms with Gasteiger partial charge in [0.15, 0.2) is 5.17 Å². The number of thioether (sulfide) groups is 2.